The lowest BCUT2D eigenvalue weighted by atomic mass is 10.1. The molecule has 0 spiro atoms. The number of aromatic amines is 1. The molecule has 1 aromatic heterocycles. The number of likely N-dealkylation sites (N-methyl/N-ethyl adjacent to an activating group) is 1. The summed E-state index contributed by atoms with van der Waals surface area (Å²) in [5, 5.41) is 0.315. The number of methoxy groups -OCH3 is 4. The molecule has 0 unspecified atom stereocenters. The standard InChI is InChI=1S/C25H34N4O5/c1-7-29(11-12-31-3)16-18-10-8-9-17(13-18)15-28(2)25-26-19-14-20(32-4)22(33-5)23(34-6)21(19)24(30)27-25/h8-10,13-14H,7,11-12,15-16H2,1-6H3,(H,26,27,30). The van der Waals surface area contributed by atoms with Crippen LogP contribution >= 0.6 is 0 Å². The van der Waals surface area contributed by atoms with E-state index in [1.807, 2.05) is 11.9 Å². The topological polar surface area (TPSA) is 89.2 Å². The molecular formula is C25H34N4O5. The van der Waals surface area contributed by atoms with Gasteiger partial charge >= 0.3 is 0 Å². The third kappa shape index (κ3) is 5.60. The smallest absolute Gasteiger partial charge is 0.264 e. The maximum atomic E-state index is 13.0. The minimum absolute atomic E-state index is 0.293. The van der Waals surface area contributed by atoms with Gasteiger partial charge in [0.15, 0.2) is 11.5 Å². The van der Waals surface area contributed by atoms with E-state index in [-0.39, 0.29) is 5.56 Å². The summed E-state index contributed by atoms with van der Waals surface area (Å²) in [6, 6.07) is 10.1. The van der Waals surface area contributed by atoms with Crippen LogP contribution < -0.4 is 24.7 Å². The predicted octanol–water partition coefficient (Wildman–Crippen LogP) is 3.05. The first-order valence-corrected chi connectivity index (χ1v) is 11.2. The van der Waals surface area contributed by atoms with Crippen molar-refractivity contribution < 1.29 is 18.9 Å². The molecular weight excluding hydrogens is 436 g/mol. The summed E-state index contributed by atoms with van der Waals surface area (Å²) in [4.78, 5) is 24.8. The zero-order chi connectivity index (χ0) is 24.7. The number of nitrogens with zero attached hydrogens (tertiary/aromatic N) is 3. The first-order valence-electron chi connectivity index (χ1n) is 11.2. The average molecular weight is 471 g/mol. The Morgan fingerprint density at radius 2 is 1.68 bits per heavy atom. The van der Waals surface area contributed by atoms with Gasteiger partial charge < -0.3 is 23.8 Å². The van der Waals surface area contributed by atoms with Gasteiger partial charge in [-0.15, -0.1) is 0 Å². The van der Waals surface area contributed by atoms with Crippen molar-refractivity contribution in [2.75, 3.05) is 60.1 Å². The lowest BCUT2D eigenvalue weighted by Gasteiger charge is -2.22. The third-order valence-corrected chi connectivity index (χ3v) is 5.73. The van der Waals surface area contributed by atoms with Gasteiger partial charge in [0.1, 0.15) is 5.39 Å². The first-order chi connectivity index (χ1) is 16.4. The maximum absolute atomic E-state index is 13.0. The highest BCUT2D eigenvalue weighted by Crippen LogP contribution is 2.41. The summed E-state index contributed by atoms with van der Waals surface area (Å²) in [6.45, 7) is 6.12. The molecule has 9 nitrogen and oxygen atoms in total. The van der Waals surface area contributed by atoms with E-state index in [1.165, 1.54) is 26.9 Å². The first kappa shape index (κ1) is 25.3. The van der Waals surface area contributed by atoms with Crippen LogP contribution in [-0.4, -0.2) is 70.1 Å². The van der Waals surface area contributed by atoms with Gasteiger partial charge in [0.2, 0.25) is 11.7 Å². The highest BCUT2D eigenvalue weighted by atomic mass is 16.5. The summed E-state index contributed by atoms with van der Waals surface area (Å²) in [5.74, 6) is 1.54. The fraction of sp³-hybridized carbons (Fsp3) is 0.440. The molecule has 0 amide bonds. The Hall–Kier alpha value is -3.30. The minimum Gasteiger partial charge on any atom is -0.493 e. The van der Waals surface area contributed by atoms with Crippen LogP contribution in [0.1, 0.15) is 18.1 Å². The van der Waals surface area contributed by atoms with Gasteiger partial charge in [-0.25, -0.2) is 4.98 Å². The number of anilines is 1. The van der Waals surface area contributed by atoms with Crippen molar-refractivity contribution in [2.45, 2.75) is 20.0 Å². The van der Waals surface area contributed by atoms with Crippen molar-refractivity contribution in [1.82, 2.24) is 14.9 Å². The number of rotatable bonds is 12. The van der Waals surface area contributed by atoms with Gasteiger partial charge in [0, 0.05) is 39.9 Å². The Morgan fingerprint density at radius 3 is 2.29 bits per heavy atom. The molecule has 9 heteroatoms. The molecule has 184 valence electrons. The Bertz CT molecular complexity index is 1160. The van der Waals surface area contributed by atoms with E-state index in [4.69, 9.17) is 18.9 Å². The Labute approximate surface area is 200 Å². The van der Waals surface area contributed by atoms with E-state index >= 15 is 0 Å². The number of hydrogen-bond donors (Lipinski definition) is 1. The maximum Gasteiger partial charge on any atom is 0.264 e. The van der Waals surface area contributed by atoms with Crippen LogP contribution in [0.25, 0.3) is 10.9 Å². The number of nitrogens with one attached hydrogen (secondary N) is 1. The summed E-state index contributed by atoms with van der Waals surface area (Å²) in [6.07, 6.45) is 0. The lowest BCUT2D eigenvalue weighted by molar-refractivity contribution is 0.147. The van der Waals surface area contributed by atoms with Crippen molar-refractivity contribution in [3.05, 3.63) is 51.8 Å². The Balaban J connectivity index is 1.88. The van der Waals surface area contributed by atoms with Gasteiger partial charge in [0.25, 0.3) is 5.56 Å². The Kier molecular flexibility index (Phi) is 8.72. The molecule has 0 saturated heterocycles. The van der Waals surface area contributed by atoms with Crippen LogP contribution in [0.5, 0.6) is 17.2 Å². The molecule has 3 rings (SSSR count). The number of ether oxygens (including phenoxy) is 4. The van der Waals surface area contributed by atoms with Crippen molar-refractivity contribution >= 4 is 16.9 Å². The van der Waals surface area contributed by atoms with Crippen LogP contribution in [0.15, 0.2) is 35.1 Å². The normalized spacial score (nSPS) is 11.1. The number of aromatic nitrogens is 2. The van der Waals surface area contributed by atoms with E-state index in [2.05, 4.69) is 46.1 Å². The fourth-order valence-corrected chi connectivity index (χ4v) is 3.94. The van der Waals surface area contributed by atoms with E-state index in [1.54, 1.807) is 13.2 Å². The predicted molar refractivity (Wildman–Crippen MR) is 133 cm³/mol. The van der Waals surface area contributed by atoms with E-state index in [0.29, 0.717) is 47.3 Å². The minimum atomic E-state index is -0.310. The fourth-order valence-electron chi connectivity index (χ4n) is 3.94. The summed E-state index contributed by atoms with van der Waals surface area (Å²) >= 11 is 0. The lowest BCUT2D eigenvalue weighted by Crippen LogP contribution is -2.27. The molecule has 1 heterocycles. The zero-order valence-electron chi connectivity index (χ0n) is 20.8. The van der Waals surface area contributed by atoms with E-state index in [0.717, 1.165) is 25.2 Å². The molecule has 34 heavy (non-hydrogen) atoms. The van der Waals surface area contributed by atoms with Crippen LogP contribution in [0.2, 0.25) is 0 Å². The second kappa shape index (κ2) is 11.7. The van der Waals surface area contributed by atoms with Crippen LogP contribution in [0.3, 0.4) is 0 Å². The molecule has 0 aliphatic rings. The molecule has 2 aromatic carbocycles. The van der Waals surface area contributed by atoms with Crippen molar-refractivity contribution in [3.63, 3.8) is 0 Å². The summed E-state index contributed by atoms with van der Waals surface area (Å²) < 4.78 is 21.5. The second-order valence-corrected chi connectivity index (χ2v) is 7.97. The molecule has 0 saturated carbocycles. The van der Waals surface area contributed by atoms with Gasteiger partial charge in [-0.3, -0.25) is 14.7 Å². The van der Waals surface area contributed by atoms with Crippen LogP contribution in [-0.2, 0) is 17.8 Å². The molecule has 1 N–H and O–H groups in total. The Morgan fingerprint density at radius 1 is 0.971 bits per heavy atom. The zero-order valence-corrected chi connectivity index (χ0v) is 20.8. The van der Waals surface area contributed by atoms with Crippen molar-refractivity contribution in [1.29, 1.82) is 0 Å². The molecule has 3 aromatic rings. The van der Waals surface area contributed by atoms with Gasteiger partial charge in [-0.05, 0) is 17.7 Å². The van der Waals surface area contributed by atoms with Crippen molar-refractivity contribution in [3.8, 4) is 17.2 Å². The molecule has 0 bridgehead atoms. The number of hydrogen-bond acceptors (Lipinski definition) is 8. The highest BCUT2D eigenvalue weighted by Gasteiger charge is 2.20. The number of fused-ring (bicyclic) bond motifs is 1. The number of H-pyrrole nitrogens is 1. The van der Waals surface area contributed by atoms with Gasteiger partial charge in [0.05, 0.1) is 33.5 Å². The second-order valence-electron chi connectivity index (χ2n) is 7.97. The van der Waals surface area contributed by atoms with E-state index in [9.17, 15) is 4.79 Å². The largest absolute Gasteiger partial charge is 0.493 e. The highest BCUT2D eigenvalue weighted by molar-refractivity contribution is 5.90. The number of benzene rings is 2. The van der Waals surface area contributed by atoms with Gasteiger partial charge in [-0.2, -0.15) is 0 Å². The molecule has 0 radical (unpaired) electrons. The molecule has 0 atom stereocenters. The molecule has 0 fully saturated rings. The summed E-state index contributed by atoms with van der Waals surface area (Å²) in [7, 11) is 8.13. The average Bonchev–Trinajstić information content (AvgIpc) is 2.85. The molecule has 0 aliphatic carbocycles. The van der Waals surface area contributed by atoms with Crippen LogP contribution in [0.4, 0.5) is 5.95 Å². The SMILES string of the molecule is CCN(CCOC)Cc1cccc(CN(C)c2nc3cc(OC)c(OC)c(OC)c3c(=O)[nH]2)c1. The third-order valence-electron chi connectivity index (χ3n) is 5.73. The monoisotopic (exact) mass is 470 g/mol. The quantitative estimate of drug-likeness (QED) is 0.432. The molecule has 0 aliphatic heterocycles. The van der Waals surface area contributed by atoms with E-state index < -0.39 is 0 Å². The summed E-state index contributed by atoms with van der Waals surface area (Å²) in [5.41, 5.74) is 2.50. The van der Waals surface area contributed by atoms with Gasteiger partial charge in [-0.1, -0.05) is 31.2 Å². The van der Waals surface area contributed by atoms with Crippen LogP contribution in [0, 0.1) is 0 Å². The van der Waals surface area contributed by atoms with Crippen molar-refractivity contribution in [2.24, 2.45) is 0 Å².